The lowest BCUT2D eigenvalue weighted by molar-refractivity contribution is 0.0981. The molecule has 0 bridgehead atoms. The zero-order chi connectivity index (χ0) is 22.0. The zero-order valence-electron chi connectivity index (χ0n) is 16.3. The van der Waals surface area contributed by atoms with Crippen LogP contribution in [-0.2, 0) is 10.0 Å². The van der Waals surface area contributed by atoms with Crippen molar-refractivity contribution in [3.05, 3.63) is 48.2 Å². The van der Waals surface area contributed by atoms with Gasteiger partial charge in [-0.15, -0.1) is 0 Å². The van der Waals surface area contributed by atoms with Crippen molar-refractivity contribution in [1.82, 2.24) is 15.0 Å². The molecule has 2 aromatic rings. The summed E-state index contributed by atoms with van der Waals surface area (Å²) in [5.41, 5.74) is -0.0405. The minimum atomic E-state index is -4.09. The number of benzene rings is 1. The molecule has 0 atom stereocenters. The van der Waals surface area contributed by atoms with E-state index in [9.17, 15) is 18.0 Å². The lowest BCUT2D eigenvalue weighted by atomic mass is 10.3. The number of sulfonamides is 1. The van der Waals surface area contributed by atoms with Crippen molar-refractivity contribution in [3.8, 4) is 11.6 Å². The van der Waals surface area contributed by atoms with Gasteiger partial charge < -0.3 is 19.9 Å². The molecule has 11 heteroatoms. The zero-order valence-corrected chi connectivity index (χ0v) is 17.1. The minimum Gasteiger partial charge on any atom is -0.494 e. The van der Waals surface area contributed by atoms with Crippen molar-refractivity contribution in [2.75, 3.05) is 19.8 Å². The van der Waals surface area contributed by atoms with Crippen LogP contribution in [0.4, 0.5) is 4.79 Å². The summed E-state index contributed by atoms with van der Waals surface area (Å²) in [6.45, 7) is 2.34. The molecule has 2 rings (SSSR count). The molecule has 0 fully saturated rings. The second-order valence-electron chi connectivity index (χ2n) is 6.03. The van der Waals surface area contributed by atoms with Crippen molar-refractivity contribution in [2.45, 2.75) is 24.7 Å². The van der Waals surface area contributed by atoms with Crippen LogP contribution in [0.15, 0.2) is 47.5 Å². The average Bonchev–Trinajstić information content (AvgIpc) is 2.73. The lowest BCUT2D eigenvalue weighted by Crippen LogP contribution is -2.31. The molecular weight excluding hydrogens is 414 g/mol. The topological polar surface area (TPSA) is 144 Å². The van der Waals surface area contributed by atoms with E-state index in [0.29, 0.717) is 12.4 Å². The van der Waals surface area contributed by atoms with E-state index in [1.54, 1.807) is 0 Å². The second kappa shape index (κ2) is 11.1. The fraction of sp³-hybridized carbons (Fsp3) is 0.316. The minimum absolute atomic E-state index is 0.0169. The van der Waals surface area contributed by atoms with Gasteiger partial charge in [-0.05, 0) is 36.8 Å². The van der Waals surface area contributed by atoms with Gasteiger partial charge in [-0.25, -0.2) is 22.9 Å². The van der Waals surface area contributed by atoms with E-state index in [1.165, 1.54) is 36.4 Å². The van der Waals surface area contributed by atoms with E-state index >= 15 is 0 Å². The van der Waals surface area contributed by atoms with Gasteiger partial charge in [-0.1, -0.05) is 13.3 Å². The van der Waals surface area contributed by atoms with Gasteiger partial charge in [-0.2, -0.15) is 0 Å². The van der Waals surface area contributed by atoms with E-state index in [2.05, 4.69) is 10.3 Å². The summed E-state index contributed by atoms with van der Waals surface area (Å²) in [7, 11) is -4.09. The highest BCUT2D eigenvalue weighted by atomic mass is 32.2. The first-order valence-electron chi connectivity index (χ1n) is 9.18. The van der Waals surface area contributed by atoms with Crippen LogP contribution >= 0.6 is 0 Å². The number of aliphatic hydroxyl groups excluding tert-OH is 1. The van der Waals surface area contributed by atoms with E-state index in [0.717, 1.165) is 19.0 Å². The molecule has 1 aromatic carbocycles. The molecule has 1 heterocycles. The van der Waals surface area contributed by atoms with E-state index in [1.807, 2.05) is 11.6 Å². The third-order valence-corrected chi connectivity index (χ3v) is 5.05. The Kier molecular flexibility index (Phi) is 8.56. The highest BCUT2D eigenvalue weighted by Crippen LogP contribution is 2.17. The molecule has 162 valence electrons. The molecule has 0 unspecified atom stereocenters. The van der Waals surface area contributed by atoms with Crippen molar-refractivity contribution in [2.24, 2.45) is 0 Å². The van der Waals surface area contributed by atoms with Gasteiger partial charge in [-0.3, -0.25) is 4.79 Å². The van der Waals surface area contributed by atoms with Crippen LogP contribution in [0, 0.1) is 0 Å². The third kappa shape index (κ3) is 7.01. The first-order valence-corrected chi connectivity index (χ1v) is 10.7. The third-order valence-electron chi connectivity index (χ3n) is 3.70. The number of nitrogens with one attached hydrogen (secondary N) is 2. The number of pyridine rings is 1. The first-order chi connectivity index (χ1) is 14.4. The van der Waals surface area contributed by atoms with Gasteiger partial charge >= 0.3 is 6.09 Å². The number of carbonyl (C=O) groups excluding carboxylic acids is 2. The van der Waals surface area contributed by atoms with E-state index < -0.39 is 22.0 Å². The number of rotatable bonds is 10. The summed E-state index contributed by atoms with van der Waals surface area (Å²) >= 11 is 0. The van der Waals surface area contributed by atoms with Crippen molar-refractivity contribution < 1.29 is 32.6 Å². The maximum absolute atomic E-state index is 12.4. The molecule has 0 saturated carbocycles. The number of nitrogens with zero attached hydrogens (tertiary/aromatic N) is 1. The summed E-state index contributed by atoms with van der Waals surface area (Å²) in [6.07, 6.45) is 2.13. The predicted octanol–water partition coefficient (Wildman–Crippen LogP) is 1.46. The smallest absolute Gasteiger partial charge is 0.414 e. The Morgan fingerprint density at radius 2 is 1.87 bits per heavy atom. The summed E-state index contributed by atoms with van der Waals surface area (Å²) in [4.78, 5) is 27.3. The van der Waals surface area contributed by atoms with Crippen molar-refractivity contribution in [1.29, 1.82) is 0 Å². The molecule has 0 spiro atoms. The fourth-order valence-corrected chi connectivity index (χ4v) is 3.13. The van der Waals surface area contributed by atoms with Gasteiger partial charge in [0.25, 0.3) is 15.9 Å². The highest BCUT2D eigenvalue weighted by Gasteiger charge is 2.19. The maximum Gasteiger partial charge on any atom is 0.414 e. The largest absolute Gasteiger partial charge is 0.494 e. The summed E-state index contributed by atoms with van der Waals surface area (Å²) < 4.78 is 37.1. The second-order valence-corrected chi connectivity index (χ2v) is 7.72. The van der Waals surface area contributed by atoms with E-state index in [-0.39, 0.29) is 29.5 Å². The molecule has 3 N–H and O–H groups in total. The number of aliphatic hydroxyl groups is 1. The number of hydrogen-bond donors (Lipinski definition) is 3. The number of amides is 2. The van der Waals surface area contributed by atoms with Crippen LogP contribution in [0.5, 0.6) is 11.6 Å². The number of carbonyl (C=O) groups is 2. The summed E-state index contributed by atoms with van der Waals surface area (Å²) in [5.74, 6) is -0.442. The van der Waals surface area contributed by atoms with Gasteiger partial charge in [0.1, 0.15) is 5.75 Å². The molecule has 30 heavy (non-hydrogen) atoms. The fourth-order valence-electron chi connectivity index (χ4n) is 2.15. The highest BCUT2D eigenvalue weighted by molar-refractivity contribution is 7.90. The van der Waals surface area contributed by atoms with Crippen LogP contribution in [0.25, 0.3) is 0 Å². The number of hydrogen-bond acceptors (Lipinski definition) is 8. The molecule has 1 aromatic heterocycles. The van der Waals surface area contributed by atoms with Crippen molar-refractivity contribution >= 4 is 22.0 Å². The molecule has 0 saturated heterocycles. The summed E-state index contributed by atoms with van der Waals surface area (Å²) in [5, 5.41) is 10.9. The van der Waals surface area contributed by atoms with Crippen LogP contribution in [0.1, 0.15) is 30.1 Å². The van der Waals surface area contributed by atoms with Crippen LogP contribution < -0.4 is 19.5 Å². The van der Waals surface area contributed by atoms with E-state index in [4.69, 9.17) is 14.6 Å². The van der Waals surface area contributed by atoms with Gasteiger partial charge in [0, 0.05) is 18.8 Å². The SMILES string of the molecule is CCCCOc1ccc(S(=O)(=O)NC(=O)c2ccc(OC(=O)NCCO)nc2)cc1. The quantitative estimate of drug-likeness (QED) is 0.474. The molecule has 0 radical (unpaired) electrons. The normalized spacial score (nSPS) is 10.9. The maximum atomic E-state index is 12.4. The lowest BCUT2D eigenvalue weighted by Gasteiger charge is -2.09. The first kappa shape index (κ1) is 23.1. The Bertz CT molecular complexity index is 945. The number of ether oxygens (including phenoxy) is 2. The van der Waals surface area contributed by atoms with Crippen LogP contribution in [0.2, 0.25) is 0 Å². The average molecular weight is 437 g/mol. The predicted molar refractivity (Wildman–Crippen MR) is 107 cm³/mol. The Morgan fingerprint density at radius 3 is 2.47 bits per heavy atom. The molecule has 2 amide bonds. The van der Waals surface area contributed by atoms with Crippen molar-refractivity contribution in [3.63, 3.8) is 0 Å². The Morgan fingerprint density at radius 1 is 1.13 bits per heavy atom. The molecule has 0 aliphatic carbocycles. The number of unbranched alkanes of at least 4 members (excludes halogenated alkanes) is 1. The molecule has 0 aliphatic rings. The molecule has 0 aliphatic heterocycles. The Balaban J connectivity index is 1.97. The molecule has 10 nitrogen and oxygen atoms in total. The Hall–Kier alpha value is -3.18. The van der Waals surface area contributed by atoms with Gasteiger partial charge in [0.2, 0.25) is 5.88 Å². The van der Waals surface area contributed by atoms with Gasteiger partial charge in [0.05, 0.1) is 23.7 Å². The monoisotopic (exact) mass is 437 g/mol. The summed E-state index contributed by atoms with van der Waals surface area (Å²) in [6, 6.07) is 8.22. The van der Waals surface area contributed by atoms with Crippen LogP contribution in [-0.4, -0.2) is 50.3 Å². The number of aromatic nitrogens is 1. The Labute approximate surface area is 174 Å². The van der Waals surface area contributed by atoms with Crippen LogP contribution in [0.3, 0.4) is 0 Å². The van der Waals surface area contributed by atoms with Gasteiger partial charge in [0.15, 0.2) is 0 Å². The standard InChI is InChI=1S/C19H23N3O7S/c1-2-3-12-28-15-5-7-16(8-6-15)30(26,27)22-18(24)14-4-9-17(21-13-14)29-19(25)20-10-11-23/h4-9,13,23H,2-3,10-12H2,1H3,(H,20,25)(H,22,24). The molecular formula is C19H23N3O7S.